The topological polar surface area (TPSA) is 84.8 Å². The number of ether oxygens (including phenoxy) is 1. The van der Waals surface area contributed by atoms with Gasteiger partial charge in [0.25, 0.3) is 5.91 Å². The Labute approximate surface area is 186 Å². The maximum atomic E-state index is 14.0. The van der Waals surface area contributed by atoms with Gasteiger partial charge < -0.3 is 10.1 Å². The van der Waals surface area contributed by atoms with Gasteiger partial charge in [0.2, 0.25) is 0 Å². The van der Waals surface area contributed by atoms with Crippen molar-refractivity contribution in [2.75, 3.05) is 12.4 Å². The summed E-state index contributed by atoms with van der Waals surface area (Å²) in [5, 5.41) is 14.2. The van der Waals surface area contributed by atoms with Gasteiger partial charge in [0.05, 0.1) is 19.3 Å². The number of amides is 1. The van der Waals surface area contributed by atoms with E-state index < -0.39 is 11.7 Å². The van der Waals surface area contributed by atoms with Crippen LogP contribution in [0.15, 0.2) is 54.7 Å². The number of aromatic amines is 1. The van der Waals surface area contributed by atoms with E-state index in [0.29, 0.717) is 5.69 Å². The Balaban J connectivity index is 1.48. The van der Waals surface area contributed by atoms with Crippen molar-refractivity contribution in [1.29, 1.82) is 0 Å². The van der Waals surface area contributed by atoms with E-state index >= 15 is 0 Å². The van der Waals surface area contributed by atoms with Gasteiger partial charge in [-0.3, -0.25) is 14.6 Å². The van der Waals surface area contributed by atoms with Gasteiger partial charge in [-0.15, -0.1) is 0 Å². The average Bonchev–Trinajstić information content (AvgIpc) is 3.38. The molecule has 2 heterocycles. The second-order valence-corrected chi connectivity index (χ2v) is 7.39. The SMILES string of the molecule is COc1ccc(-c2cc(C(=O)Nc3nn(Cc4c(F)cccc4Cl)cc3Cl)[nH]n2)cc1. The van der Waals surface area contributed by atoms with Crippen molar-refractivity contribution < 1.29 is 13.9 Å². The smallest absolute Gasteiger partial charge is 0.274 e. The molecule has 158 valence electrons. The minimum Gasteiger partial charge on any atom is -0.497 e. The normalized spacial score (nSPS) is 10.8. The Morgan fingerprint density at radius 1 is 1.19 bits per heavy atom. The van der Waals surface area contributed by atoms with E-state index in [-0.39, 0.29) is 33.7 Å². The molecule has 2 aromatic carbocycles. The fourth-order valence-corrected chi connectivity index (χ4v) is 3.35. The van der Waals surface area contributed by atoms with Crippen LogP contribution in [0.2, 0.25) is 10.0 Å². The summed E-state index contributed by atoms with van der Waals surface area (Å²) in [6, 6.07) is 13.3. The number of nitrogens with one attached hydrogen (secondary N) is 2. The zero-order valence-electron chi connectivity index (χ0n) is 16.2. The van der Waals surface area contributed by atoms with E-state index in [1.54, 1.807) is 31.4 Å². The molecule has 2 N–H and O–H groups in total. The summed E-state index contributed by atoms with van der Waals surface area (Å²) in [5.41, 5.74) is 1.92. The first-order valence-corrected chi connectivity index (χ1v) is 9.87. The van der Waals surface area contributed by atoms with Gasteiger partial charge in [-0.1, -0.05) is 29.3 Å². The molecule has 0 radical (unpaired) electrons. The van der Waals surface area contributed by atoms with Gasteiger partial charge in [-0.05, 0) is 42.5 Å². The van der Waals surface area contributed by atoms with E-state index in [0.717, 1.165) is 11.3 Å². The van der Waals surface area contributed by atoms with E-state index in [1.165, 1.54) is 23.0 Å². The molecule has 10 heteroatoms. The largest absolute Gasteiger partial charge is 0.497 e. The summed E-state index contributed by atoms with van der Waals surface area (Å²) >= 11 is 12.2. The van der Waals surface area contributed by atoms with Crippen LogP contribution in [0.4, 0.5) is 10.2 Å². The monoisotopic (exact) mass is 459 g/mol. The molecule has 0 spiro atoms. The van der Waals surface area contributed by atoms with Gasteiger partial charge >= 0.3 is 0 Å². The van der Waals surface area contributed by atoms with Crippen molar-refractivity contribution in [3.63, 3.8) is 0 Å². The number of anilines is 1. The van der Waals surface area contributed by atoms with Crippen molar-refractivity contribution in [3.05, 3.63) is 81.8 Å². The van der Waals surface area contributed by atoms with E-state index in [1.807, 2.05) is 12.1 Å². The molecule has 4 aromatic rings. The number of methoxy groups -OCH3 is 1. The number of aromatic nitrogens is 4. The predicted molar refractivity (Wildman–Crippen MR) is 116 cm³/mol. The van der Waals surface area contributed by atoms with Gasteiger partial charge in [0, 0.05) is 22.3 Å². The number of H-pyrrole nitrogens is 1. The van der Waals surface area contributed by atoms with E-state index in [2.05, 4.69) is 20.6 Å². The molecule has 0 aliphatic rings. The molecule has 0 fully saturated rings. The van der Waals surface area contributed by atoms with Crippen LogP contribution in [0.1, 0.15) is 16.1 Å². The number of nitrogens with zero attached hydrogens (tertiary/aromatic N) is 3. The highest BCUT2D eigenvalue weighted by atomic mass is 35.5. The molecule has 0 unspecified atom stereocenters. The first kappa shape index (κ1) is 20.9. The number of carbonyl (C=O) groups is 1. The van der Waals surface area contributed by atoms with Crippen LogP contribution >= 0.6 is 23.2 Å². The Morgan fingerprint density at radius 2 is 1.97 bits per heavy atom. The third kappa shape index (κ3) is 4.55. The molecule has 2 aromatic heterocycles. The van der Waals surface area contributed by atoms with Crippen LogP contribution in [0.5, 0.6) is 5.75 Å². The number of carbonyl (C=O) groups excluding carboxylic acids is 1. The zero-order chi connectivity index (χ0) is 22.0. The highest BCUT2D eigenvalue weighted by Gasteiger charge is 2.16. The van der Waals surface area contributed by atoms with Crippen LogP contribution in [-0.2, 0) is 6.54 Å². The maximum Gasteiger partial charge on any atom is 0.274 e. The third-order valence-corrected chi connectivity index (χ3v) is 5.17. The fraction of sp³-hybridized carbons (Fsp3) is 0.0952. The molecule has 0 saturated carbocycles. The third-order valence-electron chi connectivity index (χ3n) is 4.54. The number of benzene rings is 2. The van der Waals surface area contributed by atoms with Crippen LogP contribution in [-0.4, -0.2) is 33.0 Å². The minimum atomic E-state index is -0.469. The summed E-state index contributed by atoms with van der Waals surface area (Å²) in [6.07, 6.45) is 1.48. The highest BCUT2D eigenvalue weighted by molar-refractivity contribution is 6.33. The van der Waals surface area contributed by atoms with Gasteiger partial charge in [0.1, 0.15) is 22.3 Å². The van der Waals surface area contributed by atoms with Crippen LogP contribution in [0, 0.1) is 5.82 Å². The van der Waals surface area contributed by atoms with Crippen LogP contribution in [0.25, 0.3) is 11.3 Å². The summed E-state index contributed by atoms with van der Waals surface area (Å²) in [4.78, 5) is 12.6. The lowest BCUT2D eigenvalue weighted by molar-refractivity contribution is 0.102. The molecule has 1 amide bonds. The maximum absolute atomic E-state index is 14.0. The summed E-state index contributed by atoms with van der Waals surface area (Å²) < 4.78 is 20.6. The lowest BCUT2D eigenvalue weighted by Gasteiger charge is -2.05. The zero-order valence-corrected chi connectivity index (χ0v) is 17.7. The van der Waals surface area contributed by atoms with Crippen molar-refractivity contribution in [2.24, 2.45) is 0 Å². The Bertz CT molecular complexity index is 1220. The highest BCUT2D eigenvalue weighted by Crippen LogP contribution is 2.25. The standard InChI is InChI=1S/C21H16Cl2FN5O2/c1-31-13-7-5-12(6-8-13)18-9-19(27-26-18)21(30)25-20-16(23)11-29(28-20)10-14-15(22)3-2-4-17(14)24/h2-9,11H,10H2,1H3,(H,26,27)(H,25,28,30). The summed E-state index contributed by atoms with van der Waals surface area (Å²) in [7, 11) is 1.59. The van der Waals surface area contributed by atoms with Crippen molar-refractivity contribution in [2.45, 2.75) is 6.54 Å². The Kier molecular flexibility index (Phi) is 5.92. The summed E-state index contributed by atoms with van der Waals surface area (Å²) in [5.74, 6) is -0.0598. The molecule has 0 aliphatic carbocycles. The van der Waals surface area contributed by atoms with E-state index in [9.17, 15) is 9.18 Å². The Hall–Kier alpha value is -3.36. The summed E-state index contributed by atoms with van der Waals surface area (Å²) in [6.45, 7) is 0.0623. The lowest BCUT2D eigenvalue weighted by Crippen LogP contribution is -2.13. The van der Waals surface area contributed by atoms with Crippen LogP contribution in [0.3, 0.4) is 0 Å². The first-order valence-electron chi connectivity index (χ1n) is 9.11. The van der Waals surface area contributed by atoms with E-state index in [4.69, 9.17) is 27.9 Å². The molecular formula is C21H16Cl2FN5O2. The molecule has 0 bridgehead atoms. The second kappa shape index (κ2) is 8.79. The lowest BCUT2D eigenvalue weighted by atomic mass is 10.1. The molecule has 0 atom stereocenters. The predicted octanol–water partition coefficient (Wildman–Crippen LogP) is 5.03. The molecular weight excluding hydrogens is 444 g/mol. The molecule has 4 rings (SSSR count). The fourth-order valence-electron chi connectivity index (χ4n) is 2.93. The number of hydrogen-bond donors (Lipinski definition) is 2. The van der Waals surface area contributed by atoms with Gasteiger partial charge in [-0.2, -0.15) is 10.2 Å². The van der Waals surface area contributed by atoms with Crippen LogP contribution < -0.4 is 10.1 Å². The molecule has 0 aliphatic heterocycles. The van der Waals surface area contributed by atoms with Crippen molar-refractivity contribution in [1.82, 2.24) is 20.0 Å². The Morgan fingerprint density at radius 3 is 2.68 bits per heavy atom. The van der Waals surface area contributed by atoms with Crippen molar-refractivity contribution in [3.8, 4) is 17.0 Å². The minimum absolute atomic E-state index is 0.0623. The quantitative estimate of drug-likeness (QED) is 0.423. The first-order chi connectivity index (χ1) is 14.9. The average molecular weight is 460 g/mol. The number of hydrogen-bond acceptors (Lipinski definition) is 4. The number of rotatable bonds is 6. The number of halogens is 3. The van der Waals surface area contributed by atoms with Gasteiger partial charge in [-0.25, -0.2) is 4.39 Å². The molecule has 0 saturated heterocycles. The molecule has 31 heavy (non-hydrogen) atoms. The molecule has 7 nitrogen and oxygen atoms in total. The second-order valence-electron chi connectivity index (χ2n) is 6.57. The van der Waals surface area contributed by atoms with Crippen molar-refractivity contribution >= 4 is 34.9 Å². The van der Waals surface area contributed by atoms with Gasteiger partial charge in [0.15, 0.2) is 5.82 Å².